The molecule has 1 heterocycles. The number of hydrogen-bond donors (Lipinski definition) is 1. The fourth-order valence-electron chi connectivity index (χ4n) is 3.73. The van der Waals surface area contributed by atoms with E-state index in [0.29, 0.717) is 18.6 Å². The molecular formula is C16H21NO3. The van der Waals surface area contributed by atoms with Crippen LogP contribution in [-0.2, 0) is 10.2 Å². The second-order valence-corrected chi connectivity index (χ2v) is 5.73. The van der Waals surface area contributed by atoms with Crippen LogP contribution in [0.25, 0.3) is 0 Å². The number of carbonyl (C=O) groups excluding carboxylic acids is 1. The van der Waals surface area contributed by atoms with Gasteiger partial charge in [0.15, 0.2) is 11.5 Å². The maximum absolute atomic E-state index is 11.7. The van der Waals surface area contributed by atoms with Crippen LogP contribution in [0.2, 0.25) is 0 Å². The molecule has 1 saturated carbocycles. The molecular weight excluding hydrogens is 254 g/mol. The smallest absolute Gasteiger partial charge is 0.161 e. The average Bonchev–Trinajstić information content (AvgIpc) is 2.90. The van der Waals surface area contributed by atoms with Crippen LogP contribution in [0, 0.1) is 0 Å². The highest BCUT2D eigenvalue weighted by Crippen LogP contribution is 2.46. The zero-order valence-corrected chi connectivity index (χ0v) is 12.1. The number of Topliss-reactive ketones (excluding diaryl/α,β-unsaturated/α-hetero) is 1. The van der Waals surface area contributed by atoms with E-state index in [-0.39, 0.29) is 11.5 Å². The minimum Gasteiger partial charge on any atom is -0.493 e. The lowest BCUT2D eigenvalue weighted by atomic mass is 9.66. The minimum atomic E-state index is 0.0768. The molecule has 1 saturated heterocycles. The molecule has 4 heteroatoms. The van der Waals surface area contributed by atoms with E-state index in [0.717, 1.165) is 30.9 Å². The number of ketones is 1. The van der Waals surface area contributed by atoms with E-state index < -0.39 is 0 Å². The highest BCUT2D eigenvalue weighted by atomic mass is 16.5. The Kier molecular flexibility index (Phi) is 3.42. The molecule has 0 bridgehead atoms. The summed E-state index contributed by atoms with van der Waals surface area (Å²) in [7, 11) is 3.31. The molecule has 1 aliphatic carbocycles. The molecule has 0 unspecified atom stereocenters. The van der Waals surface area contributed by atoms with Gasteiger partial charge in [-0.15, -0.1) is 0 Å². The van der Waals surface area contributed by atoms with E-state index in [9.17, 15) is 4.79 Å². The molecule has 3 rings (SSSR count). The Balaban J connectivity index is 2.00. The lowest BCUT2D eigenvalue weighted by Gasteiger charge is -2.39. The Bertz CT molecular complexity index is 528. The third-order valence-corrected chi connectivity index (χ3v) is 4.87. The standard InChI is InChI=1S/C16H21NO3/c1-19-13-4-3-11(9-14(13)20-2)16-6-5-12(18)10-15(16)17-8-7-16/h3-4,9,15,17H,5-8,10H2,1-2H3/t15-,16-/m0/s1. The predicted molar refractivity (Wildman–Crippen MR) is 76.5 cm³/mol. The van der Waals surface area contributed by atoms with Crippen molar-refractivity contribution < 1.29 is 14.3 Å². The summed E-state index contributed by atoms with van der Waals surface area (Å²) in [4.78, 5) is 11.7. The zero-order chi connectivity index (χ0) is 14.2. The Labute approximate surface area is 119 Å². The van der Waals surface area contributed by atoms with E-state index >= 15 is 0 Å². The van der Waals surface area contributed by atoms with Gasteiger partial charge in [0.2, 0.25) is 0 Å². The lowest BCUT2D eigenvalue weighted by Crippen LogP contribution is -2.45. The first kappa shape index (κ1) is 13.4. The molecule has 2 aliphatic rings. The summed E-state index contributed by atoms with van der Waals surface area (Å²) in [5.74, 6) is 1.89. The van der Waals surface area contributed by atoms with Crippen molar-refractivity contribution in [3.8, 4) is 11.5 Å². The van der Waals surface area contributed by atoms with E-state index in [4.69, 9.17) is 9.47 Å². The van der Waals surface area contributed by atoms with Crippen LogP contribution < -0.4 is 14.8 Å². The Morgan fingerprint density at radius 1 is 1.20 bits per heavy atom. The maximum atomic E-state index is 11.7. The van der Waals surface area contributed by atoms with Crippen LogP contribution in [0.1, 0.15) is 31.2 Å². The van der Waals surface area contributed by atoms with Gasteiger partial charge >= 0.3 is 0 Å². The predicted octanol–water partition coefficient (Wildman–Crippen LogP) is 2.06. The monoisotopic (exact) mass is 275 g/mol. The van der Waals surface area contributed by atoms with Crippen molar-refractivity contribution in [3.63, 3.8) is 0 Å². The number of fused-ring (bicyclic) bond motifs is 1. The molecule has 4 nitrogen and oxygen atoms in total. The SMILES string of the molecule is COc1ccc([C@]23CCN[C@H]2CC(=O)CC3)cc1OC. The molecule has 2 atom stereocenters. The third kappa shape index (κ3) is 1.99. The summed E-state index contributed by atoms with van der Waals surface area (Å²) >= 11 is 0. The van der Waals surface area contributed by atoms with Gasteiger partial charge in [-0.05, 0) is 37.1 Å². The number of ether oxygens (including phenoxy) is 2. The van der Waals surface area contributed by atoms with Crippen LogP contribution in [0.15, 0.2) is 18.2 Å². The van der Waals surface area contributed by atoms with Crippen molar-refractivity contribution in [2.75, 3.05) is 20.8 Å². The van der Waals surface area contributed by atoms with Crippen LogP contribution in [0.5, 0.6) is 11.5 Å². The van der Waals surface area contributed by atoms with Crippen molar-refractivity contribution in [3.05, 3.63) is 23.8 Å². The molecule has 1 aromatic carbocycles. The molecule has 0 radical (unpaired) electrons. The Morgan fingerprint density at radius 3 is 2.75 bits per heavy atom. The van der Waals surface area contributed by atoms with E-state index in [1.54, 1.807) is 14.2 Å². The first-order valence-corrected chi connectivity index (χ1v) is 7.17. The molecule has 0 spiro atoms. The van der Waals surface area contributed by atoms with Gasteiger partial charge in [0.1, 0.15) is 5.78 Å². The van der Waals surface area contributed by atoms with Crippen molar-refractivity contribution in [2.24, 2.45) is 0 Å². The van der Waals surface area contributed by atoms with Crippen molar-refractivity contribution in [1.82, 2.24) is 5.32 Å². The summed E-state index contributed by atoms with van der Waals surface area (Å²) in [5, 5.41) is 3.50. The number of hydrogen-bond acceptors (Lipinski definition) is 4. The lowest BCUT2D eigenvalue weighted by molar-refractivity contribution is -0.121. The average molecular weight is 275 g/mol. The molecule has 1 aliphatic heterocycles. The first-order valence-electron chi connectivity index (χ1n) is 7.17. The summed E-state index contributed by atoms with van der Waals surface area (Å²) in [6, 6.07) is 6.43. The summed E-state index contributed by atoms with van der Waals surface area (Å²) < 4.78 is 10.7. The van der Waals surface area contributed by atoms with E-state index in [2.05, 4.69) is 17.4 Å². The van der Waals surface area contributed by atoms with Gasteiger partial charge in [-0.1, -0.05) is 6.07 Å². The van der Waals surface area contributed by atoms with Gasteiger partial charge in [0.05, 0.1) is 14.2 Å². The summed E-state index contributed by atoms with van der Waals surface area (Å²) in [5.41, 5.74) is 1.34. The highest BCUT2D eigenvalue weighted by Gasteiger charge is 2.47. The number of methoxy groups -OCH3 is 2. The molecule has 0 amide bonds. The minimum absolute atomic E-state index is 0.0768. The van der Waals surface area contributed by atoms with Gasteiger partial charge < -0.3 is 14.8 Å². The van der Waals surface area contributed by atoms with Gasteiger partial charge in [0.25, 0.3) is 0 Å². The van der Waals surface area contributed by atoms with Gasteiger partial charge in [-0.2, -0.15) is 0 Å². The number of carbonyl (C=O) groups is 1. The molecule has 20 heavy (non-hydrogen) atoms. The molecule has 1 N–H and O–H groups in total. The van der Waals surface area contributed by atoms with Crippen LogP contribution in [0.4, 0.5) is 0 Å². The number of nitrogens with one attached hydrogen (secondary N) is 1. The van der Waals surface area contributed by atoms with Gasteiger partial charge in [-0.3, -0.25) is 4.79 Å². The molecule has 0 aromatic heterocycles. The molecule has 2 fully saturated rings. The largest absolute Gasteiger partial charge is 0.493 e. The van der Waals surface area contributed by atoms with Gasteiger partial charge in [-0.25, -0.2) is 0 Å². The fraction of sp³-hybridized carbons (Fsp3) is 0.562. The summed E-state index contributed by atoms with van der Waals surface area (Å²) in [6.45, 7) is 0.978. The third-order valence-electron chi connectivity index (χ3n) is 4.87. The summed E-state index contributed by atoms with van der Waals surface area (Å²) in [6.07, 6.45) is 3.35. The van der Waals surface area contributed by atoms with E-state index in [1.165, 1.54) is 5.56 Å². The maximum Gasteiger partial charge on any atom is 0.161 e. The second-order valence-electron chi connectivity index (χ2n) is 5.73. The topological polar surface area (TPSA) is 47.6 Å². The second kappa shape index (κ2) is 5.09. The molecule has 108 valence electrons. The number of rotatable bonds is 3. The first-order chi connectivity index (χ1) is 9.69. The van der Waals surface area contributed by atoms with Crippen LogP contribution >= 0.6 is 0 Å². The van der Waals surface area contributed by atoms with Crippen LogP contribution in [-0.4, -0.2) is 32.6 Å². The van der Waals surface area contributed by atoms with Gasteiger partial charge in [0, 0.05) is 24.3 Å². The zero-order valence-electron chi connectivity index (χ0n) is 12.1. The van der Waals surface area contributed by atoms with Crippen molar-refractivity contribution >= 4 is 5.78 Å². The molecule has 1 aromatic rings. The van der Waals surface area contributed by atoms with Crippen LogP contribution in [0.3, 0.4) is 0 Å². The Hall–Kier alpha value is -1.55. The Morgan fingerprint density at radius 2 is 2.00 bits per heavy atom. The van der Waals surface area contributed by atoms with Crippen molar-refractivity contribution in [2.45, 2.75) is 37.1 Å². The highest BCUT2D eigenvalue weighted by molar-refractivity contribution is 5.81. The van der Waals surface area contributed by atoms with E-state index in [1.807, 2.05) is 6.07 Å². The van der Waals surface area contributed by atoms with Crippen molar-refractivity contribution in [1.29, 1.82) is 0 Å². The fourth-order valence-corrected chi connectivity index (χ4v) is 3.73. The normalized spacial score (nSPS) is 29.1. The quantitative estimate of drug-likeness (QED) is 0.917. The number of benzene rings is 1.